The summed E-state index contributed by atoms with van der Waals surface area (Å²) in [6, 6.07) is 11.5. The highest BCUT2D eigenvalue weighted by Gasteiger charge is 2.24. The lowest BCUT2D eigenvalue weighted by molar-refractivity contribution is 0.0931. The number of rotatable bonds is 7. The second-order valence-electron chi connectivity index (χ2n) is 7.02. The molecule has 0 aliphatic heterocycles. The first-order valence-corrected chi connectivity index (χ1v) is 11.7. The molecule has 1 aromatic heterocycles. The lowest BCUT2D eigenvalue weighted by Gasteiger charge is -2.22. The number of amides is 1. The van der Waals surface area contributed by atoms with E-state index in [2.05, 4.69) is 5.32 Å². The summed E-state index contributed by atoms with van der Waals surface area (Å²) in [4.78, 5) is 13.1. The van der Waals surface area contributed by atoms with Crippen LogP contribution in [0.5, 0.6) is 0 Å². The predicted molar refractivity (Wildman–Crippen MR) is 109 cm³/mol. The molecule has 1 fully saturated rings. The maximum atomic E-state index is 12.8. The van der Waals surface area contributed by atoms with Gasteiger partial charge in [0.25, 0.3) is 5.91 Å². The third-order valence-electron chi connectivity index (χ3n) is 5.01. The molecule has 1 N–H and O–H groups in total. The Balaban J connectivity index is 1.62. The smallest absolute Gasteiger partial charge is 0.261 e. The van der Waals surface area contributed by atoms with Gasteiger partial charge in [-0.05, 0) is 30.9 Å². The molecular formula is C20H26N2O3S2. The highest BCUT2D eigenvalue weighted by molar-refractivity contribution is 7.89. The number of sulfonamides is 1. The summed E-state index contributed by atoms with van der Waals surface area (Å²) < 4.78 is 26.9. The monoisotopic (exact) mass is 406 g/mol. The number of benzene rings is 1. The van der Waals surface area contributed by atoms with Crippen molar-refractivity contribution in [3.63, 3.8) is 0 Å². The highest BCUT2D eigenvalue weighted by Crippen LogP contribution is 2.23. The van der Waals surface area contributed by atoms with Crippen LogP contribution in [0.1, 0.15) is 47.3 Å². The molecule has 1 aromatic carbocycles. The SMILES string of the molecule is CN(CCc1ccccc1)S(=O)(=O)c1csc(C(=O)NC2CCCCC2)c1. The van der Waals surface area contributed by atoms with E-state index >= 15 is 0 Å². The first-order valence-electron chi connectivity index (χ1n) is 9.36. The van der Waals surface area contributed by atoms with Crippen molar-refractivity contribution in [3.8, 4) is 0 Å². The molecule has 27 heavy (non-hydrogen) atoms. The molecule has 1 saturated carbocycles. The lowest BCUT2D eigenvalue weighted by Crippen LogP contribution is -2.35. The molecule has 0 radical (unpaired) electrons. The fourth-order valence-corrected chi connectivity index (χ4v) is 5.64. The molecular weight excluding hydrogens is 380 g/mol. The van der Waals surface area contributed by atoms with Crippen LogP contribution >= 0.6 is 11.3 Å². The Morgan fingerprint density at radius 1 is 1.19 bits per heavy atom. The van der Waals surface area contributed by atoms with Gasteiger partial charge < -0.3 is 5.32 Å². The van der Waals surface area contributed by atoms with E-state index in [1.807, 2.05) is 30.3 Å². The van der Waals surface area contributed by atoms with Crippen LogP contribution in [-0.2, 0) is 16.4 Å². The van der Waals surface area contributed by atoms with E-state index < -0.39 is 10.0 Å². The average Bonchev–Trinajstić information content (AvgIpc) is 3.19. The Kier molecular flexibility index (Phi) is 6.68. The highest BCUT2D eigenvalue weighted by atomic mass is 32.2. The van der Waals surface area contributed by atoms with Crippen molar-refractivity contribution in [2.45, 2.75) is 49.5 Å². The van der Waals surface area contributed by atoms with Gasteiger partial charge in [0.05, 0.1) is 9.77 Å². The Hall–Kier alpha value is -1.70. The summed E-state index contributed by atoms with van der Waals surface area (Å²) in [5, 5.41) is 4.60. The maximum absolute atomic E-state index is 12.8. The van der Waals surface area contributed by atoms with E-state index in [-0.39, 0.29) is 16.8 Å². The fraction of sp³-hybridized carbons (Fsp3) is 0.450. The molecule has 7 heteroatoms. The number of thiophene rings is 1. The first-order chi connectivity index (χ1) is 13.0. The second kappa shape index (κ2) is 8.99. The second-order valence-corrected chi connectivity index (χ2v) is 9.97. The van der Waals surface area contributed by atoms with Crippen LogP contribution in [0.3, 0.4) is 0 Å². The molecule has 1 heterocycles. The van der Waals surface area contributed by atoms with Gasteiger partial charge in [-0.3, -0.25) is 4.79 Å². The van der Waals surface area contributed by atoms with E-state index in [1.165, 1.54) is 28.1 Å². The lowest BCUT2D eigenvalue weighted by atomic mass is 9.95. The zero-order valence-corrected chi connectivity index (χ0v) is 17.2. The van der Waals surface area contributed by atoms with Gasteiger partial charge in [-0.25, -0.2) is 12.7 Å². The average molecular weight is 407 g/mol. The van der Waals surface area contributed by atoms with E-state index in [0.29, 0.717) is 17.8 Å². The van der Waals surface area contributed by atoms with Crippen LogP contribution in [0.4, 0.5) is 0 Å². The standard InChI is InChI=1S/C20H26N2O3S2/c1-22(13-12-16-8-4-2-5-9-16)27(24,25)18-14-19(26-15-18)20(23)21-17-10-6-3-7-11-17/h2,4-5,8-9,14-15,17H,3,6-7,10-13H2,1H3,(H,21,23). The van der Waals surface area contributed by atoms with Crippen LogP contribution in [-0.4, -0.2) is 38.3 Å². The van der Waals surface area contributed by atoms with Crippen LogP contribution in [0.2, 0.25) is 0 Å². The summed E-state index contributed by atoms with van der Waals surface area (Å²) in [5.41, 5.74) is 1.09. The minimum atomic E-state index is -3.59. The van der Waals surface area contributed by atoms with Gasteiger partial charge in [-0.2, -0.15) is 0 Å². The first kappa shape index (κ1) is 20.0. The molecule has 0 spiro atoms. The summed E-state index contributed by atoms with van der Waals surface area (Å²) in [6.45, 7) is 0.395. The molecule has 2 aromatic rings. The van der Waals surface area contributed by atoms with Gasteiger partial charge in [-0.1, -0.05) is 49.6 Å². The van der Waals surface area contributed by atoms with Gasteiger partial charge in [0.15, 0.2) is 0 Å². The predicted octanol–water partition coefficient (Wildman–Crippen LogP) is 3.67. The van der Waals surface area contributed by atoms with Crippen LogP contribution < -0.4 is 5.32 Å². The van der Waals surface area contributed by atoms with Crippen LogP contribution in [0.15, 0.2) is 46.7 Å². The zero-order valence-electron chi connectivity index (χ0n) is 15.6. The molecule has 3 rings (SSSR count). The van der Waals surface area contributed by atoms with E-state index in [0.717, 1.165) is 31.2 Å². The normalized spacial score (nSPS) is 15.8. The van der Waals surface area contributed by atoms with Crippen molar-refractivity contribution in [3.05, 3.63) is 52.2 Å². The summed E-state index contributed by atoms with van der Waals surface area (Å²) in [5.74, 6) is -0.166. The van der Waals surface area contributed by atoms with Crippen molar-refractivity contribution >= 4 is 27.3 Å². The topological polar surface area (TPSA) is 66.5 Å². The third kappa shape index (κ3) is 5.18. The maximum Gasteiger partial charge on any atom is 0.261 e. The molecule has 0 atom stereocenters. The quantitative estimate of drug-likeness (QED) is 0.763. The van der Waals surface area contributed by atoms with Gasteiger partial charge in [-0.15, -0.1) is 11.3 Å². The molecule has 5 nitrogen and oxygen atoms in total. The number of hydrogen-bond acceptors (Lipinski definition) is 4. The van der Waals surface area contributed by atoms with Gasteiger partial charge in [0.2, 0.25) is 10.0 Å². The minimum Gasteiger partial charge on any atom is -0.349 e. The molecule has 0 unspecified atom stereocenters. The fourth-order valence-electron chi connectivity index (χ4n) is 3.31. The zero-order chi connectivity index (χ0) is 19.3. The number of nitrogens with one attached hydrogen (secondary N) is 1. The number of likely N-dealkylation sites (N-methyl/N-ethyl adjacent to an activating group) is 1. The molecule has 1 aliphatic rings. The number of carbonyl (C=O) groups is 1. The Morgan fingerprint density at radius 3 is 2.59 bits per heavy atom. The van der Waals surface area contributed by atoms with Crippen LogP contribution in [0, 0.1) is 0 Å². The van der Waals surface area contributed by atoms with Gasteiger partial charge >= 0.3 is 0 Å². The molecule has 1 amide bonds. The van der Waals surface area contributed by atoms with Gasteiger partial charge in [0.1, 0.15) is 0 Å². The van der Waals surface area contributed by atoms with E-state index in [9.17, 15) is 13.2 Å². The number of carbonyl (C=O) groups excluding carboxylic acids is 1. The molecule has 146 valence electrons. The largest absolute Gasteiger partial charge is 0.349 e. The van der Waals surface area contributed by atoms with Crippen molar-refractivity contribution in [1.82, 2.24) is 9.62 Å². The van der Waals surface area contributed by atoms with Crippen LogP contribution in [0.25, 0.3) is 0 Å². The molecule has 1 aliphatic carbocycles. The minimum absolute atomic E-state index is 0.166. The van der Waals surface area contributed by atoms with Crippen molar-refractivity contribution < 1.29 is 13.2 Å². The Labute approximate surface area is 165 Å². The van der Waals surface area contributed by atoms with Gasteiger partial charge in [0, 0.05) is 25.0 Å². The molecule has 0 bridgehead atoms. The van der Waals surface area contributed by atoms with Crippen molar-refractivity contribution in [2.75, 3.05) is 13.6 Å². The Morgan fingerprint density at radius 2 is 1.89 bits per heavy atom. The number of hydrogen-bond donors (Lipinski definition) is 1. The summed E-state index contributed by atoms with van der Waals surface area (Å²) in [6.07, 6.45) is 6.16. The third-order valence-corrected chi connectivity index (χ3v) is 7.92. The van der Waals surface area contributed by atoms with Crippen molar-refractivity contribution in [1.29, 1.82) is 0 Å². The summed E-state index contributed by atoms with van der Waals surface area (Å²) >= 11 is 1.19. The van der Waals surface area contributed by atoms with Crippen molar-refractivity contribution in [2.24, 2.45) is 0 Å². The summed E-state index contributed by atoms with van der Waals surface area (Å²) in [7, 11) is -2.01. The number of nitrogens with zero attached hydrogens (tertiary/aromatic N) is 1. The molecule has 0 saturated heterocycles. The van der Waals surface area contributed by atoms with E-state index in [1.54, 1.807) is 12.4 Å². The Bertz CT molecular complexity index is 856. The van der Waals surface area contributed by atoms with E-state index in [4.69, 9.17) is 0 Å².